The number of phenols is 7. The van der Waals surface area contributed by atoms with E-state index in [0.717, 1.165) is 30.3 Å². The van der Waals surface area contributed by atoms with Gasteiger partial charge >= 0.3 is 11.3 Å². The molecule has 1 fully saturated rings. The van der Waals surface area contributed by atoms with Gasteiger partial charge in [0.05, 0.1) is 18.1 Å². The Morgan fingerprint density at radius 2 is 1.35 bits per heavy atom. The second-order valence-electron chi connectivity index (χ2n) is 12.5. The van der Waals surface area contributed by atoms with Gasteiger partial charge in [-0.2, -0.15) is 0 Å². The van der Waals surface area contributed by atoms with Gasteiger partial charge in [-0.3, -0.25) is 0 Å². The first-order valence-corrected chi connectivity index (χ1v) is 15.8. The third-order valence-corrected chi connectivity index (χ3v) is 9.20. The molecule has 0 aliphatic carbocycles. The summed E-state index contributed by atoms with van der Waals surface area (Å²) in [4.78, 5) is 0. The Morgan fingerprint density at radius 1 is 0.635 bits per heavy atom. The quantitative estimate of drug-likeness (QED) is 0.0883. The summed E-state index contributed by atoms with van der Waals surface area (Å²) < 4.78 is 23.8. The lowest BCUT2D eigenvalue weighted by Gasteiger charge is -2.39. The van der Waals surface area contributed by atoms with E-state index < -0.39 is 89.9 Å². The van der Waals surface area contributed by atoms with Crippen LogP contribution in [0.4, 0.5) is 0 Å². The van der Waals surface area contributed by atoms with Crippen LogP contribution in [-0.2, 0) is 4.74 Å². The van der Waals surface area contributed by atoms with Gasteiger partial charge in [-0.05, 0) is 42.0 Å². The molecule has 3 heterocycles. The topological polar surface area (TPSA) is 282 Å². The van der Waals surface area contributed by atoms with Crippen LogP contribution in [0, 0.1) is 0 Å². The van der Waals surface area contributed by atoms with Crippen LogP contribution in [-0.4, -0.2) is 105 Å². The molecular formula is C36H33O16+. The molecule has 5 aromatic rings. The van der Waals surface area contributed by atoms with E-state index in [2.05, 4.69) is 0 Å². The molecule has 8 unspecified atom stereocenters. The number of aliphatic hydroxyl groups excluding tert-OH is 5. The molecule has 0 amide bonds. The number of aromatic hydroxyl groups is 7. The van der Waals surface area contributed by atoms with Crippen LogP contribution in [0.1, 0.15) is 28.7 Å². The smallest absolute Gasteiger partial charge is 0.402 e. The van der Waals surface area contributed by atoms with Gasteiger partial charge in [-0.1, -0.05) is 6.07 Å². The average molecular weight is 722 g/mol. The number of hydrogen-bond acceptors (Lipinski definition) is 15. The molecular weight excluding hydrogens is 688 g/mol. The second-order valence-corrected chi connectivity index (χ2v) is 12.5. The molecule has 0 radical (unpaired) electrons. The van der Waals surface area contributed by atoms with Crippen LogP contribution < -0.4 is 9.47 Å². The first kappa shape index (κ1) is 34.7. The normalized spacial score (nSPS) is 25.7. The summed E-state index contributed by atoms with van der Waals surface area (Å²) in [7, 11) is 0. The van der Waals surface area contributed by atoms with Crippen LogP contribution in [0.2, 0.25) is 0 Å². The van der Waals surface area contributed by atoms with Gasteiger partial charge in [0.2, 0.25) is 12.0 Å². The summed E-state index contributed by atoms with van der Waals surface area (Å²) in [6, 6.07) is 13.4. The molecule has 1 aromatic heterocycles. The minimum atomic E-state index is -1.84. The Hall–Kier alpha value is -5.75. The fraction of sp³-hybridized carbons (Fsp3) is 0.250. The number of phenolic OH excluding ortho intramolecular Hbond substituents is 7. The molecule has 272 valence electrons. The maximum absolute atomic E-state index is 12.0. The van der Waals surface area contributed by atoms with Crippen molar-refractivity contribution in [1.29, 1.82) is 0 Å². The molecule has 2 aliphatic heterocycles. The van der Waals surface area contributed by atoms with Crippen molar-refractivity contribution in [3.8, 4) is 63.1 Å². The first-order chi connectivity index (χ1) is 24.8. The lowest BCUT2D eigenvalue weighted by Crippen LogP contribution is -2.60. The van der Waals surface area contributed by atoms with Crippen LogP contribution >= 0.6 is 0 Å². The minimum absolute atomic E-state index is 0.102. The Balaban J connectivity index is 1.46. The molecule has 4 aromatic carbocycles. The highest BCUT2D eigenvalue weighted by molar-refractivity contribution is 5.92. The summed E-state index contributed by atoms with van der Waals surface area (Å²) in [6.45, 7) is -0.745. The lowest BCUT2D eigenvalue weighted by molar-refractivity contribution is -0.277. The molecule has 0 saturated carbocycles. The van der Waals surface area contributed by atoms with Crippen molar-refractivity contribution in [2.75, 3.05) is 6.61 Å². The second kappa shape index (κ2) is 13.1. The van der Waals surface area contributed by atoms with Gasteiger partial charge in [0.25, 0.3) is 0 Å². The third-order valence-electron chi connectivity index (χ3n) is 9.20. The zero-order valence-corrected chi connectivity index (χ0v) is 26.7. The van der Waals surface area contributed by atoms with Crippen molar-refractivity contribution in [2.24, 2.45) is 0 Å². The van der Waals surface area contributed by atoms with E-state index in [-0.39, 0.29) is 56.2 Å². The number of aliphatic hydroxyl groups is 5. The fourth-order valence-electron chi connectivity index (χ4n) is 6.61. The van der Waals surface area contributed by atoms with E-state index >= 15 is 0 Å². The van der Waals surface area contributed by atoms with Crippen molar-refractivity contribution in [2.45, 2.75) is 48.8 Å². The van der Waals surface area contributed by atoms with Crippen molar-refractivity contribution in [1.82, 2.24) is 0 Å². The predicted molar refractivity (Wildman–Crippen MR) is 176 cm³/mol. The van der Waals surface area contributed by atoms with Crippen LogP contribution in [0.5, 0.6) is 51.7 Å². The average Bonchev–Trinajstić information content (AvgIpc) is 3.10. The largest absolute Gasteiger partial charge is 0.508 e. The molecule has 1 saturated heterocycles. The van der Waals surface area contributed by atoms with Crippen LogP contribution in [0.3, 0.4) is 0 Å². The van der Waals surface area contributed by atoms with Gasteiger partial charge in [0.15, 0.2) is 17.6 Å². The number of fused-ring (bicyclic) bond motifs is 2. The highest BCUT2D eigenvalue weighted by Gasteiger charge is 2.48. The van der Waals surface area contributed by atoms with Gasteiger partial charge in [0.1, 0.15) is 76.0 Å². The van der Waals surface area contributed by atoms with E-state index in [0.29, 0.717) is 0 Å². The lowest BCUT2D eigenvalue weighted by atomic mass is 9.78. The Morgan fingerprint density at radius 3 is 2.04 bits per heavy atom. The third kappa shape index (κ3) is 5.82. The van der Waals surface area contributed by atoms with E-state index in [9.17, 15) is 61.3 Å². The van der Waals surface area contributed by atoms with Crippen molar-refractivity contribution < 1.29 is 79.9 Å². The number of rotatable bonds is 6. The highest BCUT2D eigenvalue weighted by Crippen LogP contribution is 2.55. The summed E-state index contributed by atoms with van der Waals surface area (Å²) >= 11 is 0. The molecule has 16 heteroatoms. The maximum atomic E-state index is 12.0. The van der Waals surface area contributed by atoms with Gasteiger partial charge < -0.3 is 75.5 Å². The summed E-state index contributed by atoms with van der Waals surface area (Å²) in [5.74, 6) is -5.21. The standard InChI is InChI=1S/C36H32O16/c37-12-25-29(45)31(47)32(48)36(51-25)50-24-10-17-19(41)11-22(44)27(35(17)52-33(24)13-1-4-15(38)5-2-13)28-26-21(43)8-16(39)9-23(26)49-34(30(28)46)14-3-6-18(40)20(42)7-14/h1-11,25,28-32,34,36-37,45-48H,12H2,(H6-,38,39,40,41,42,43,44)/p+1. The number of hydrogen-bond donors (Lipinski definition) is 12. The van der Waals surface area contributed by atoms with Crippen molar-refractivity contribution in [3.63, 3.8) is 0 Å². The molecule has 52 heavy (non-hydrogen) atoms. The van der Waals surface area contributed by atoms with Crippen molar-refractivity contribution in [3.05, 3.63) is 83.4 Å². The van der Waals surface area contributed by atoms with Crippen molar-refractivity contribution >= 4 is 11.0 Å². The van der Waals surface area contributed by atoms with Crippen LogP contribution in [0.25, 0.3) is 22.3 Å². The summed E-state index contributed by atoms with van der Waals surface area (Å²) in [6.07, 6.45) is -11.4. The first-order valence-electron chi connectivity index (χ1n) is 15.8. The summed E-state index contributed by atoms with van der Waals surface area (Å²) in [5.41, 5.74) is -0.182. The van der Waals surface area contributed by atoms with Crippen LogP contribution in [0.15, 0.2) is 71.1 Å². The van der Waals surface area contributed by atoms with E-state index in [4.69, 9.17) is 18.6 Å². The molecule has 0 spiro atoms. The zero-order valence-electron chi connectivity index (χ0n) is 26.7. The molecule has 16 nitrogen and oxygen atoms in total. The molecule has 0 bridgehead atoms. The number of ether oxygens (including phenoxy) is 3. The predicted octanol–water partition coefficient (Wildman–Crippen LogP) is 2.13. The van der Waals surface area contributed by atoms with E-state index in [1.165, 1.54) is 36.4 Å². The van der Waals surface area contributed by atoms with E-state index in [1.807, 2.05) is 0 Å². The molecule has 7 rings (SSSR count). The van der Waals surface area contributed by atoms with E-state index in [1.54, 1.807) is 0 Å². The monoisotopic (exact) mass is 721 g/mol. The summed E-state index contributed by atoms with van der Waals surface area (Å²) in [5, 5.41) is 127. The number of benzene rings is 4. The minimum Gasteiger partial charge on any atom is -0.508 e. The Kier molecular flexibility index (Phi) is 8.74. The Labute approximate surface area is 292 Å². The zero-order chi connectivity index (χ0) is 37.2. The SMILES string of the molecule is OCC1OC(Oc2cc3c(O)cc(O)c(C4c5c(O)cc(O)cc5OC(c5ccc(O)c(O)c5)C4O)c3[o+]c2-c2ccc(O)cc2)C(O)C(O)C1O. The molecule has 8 atom stereocenters. The molecule has 2 aliphatic rings. The fourth-order valence-corrected chi connectivity index (χ4v) is 6.61. The van der Waals surface area contributed by atoms with Gasteiger partial charge in [-0.15, -0.1) is 0 Å². The van der Waals surface area contributed by atoms with Gasteiger partial charge in [-0.25, -0.2) is 4.42 Å². The highest BCUT2D eigenvalue weighted by atomic mass is 16.7. The molecule has 12 N–H and O–H groups in total. The maximum Gasteiger partial charge on any atom is 0.402 e. The Bertz CT molecular complexity index is 2150. The van der Waals surface area contributed by atoms with Gasteiger partial charge in [0, 0.05) is 29.8 Å².